The van der Waals surface area contributed by atoms with Crippen molar-refractivity contribution >= 4 is 11.9 Å². The Morgan fingerprint density at radius 2 is 1.89 bits per heavy atom. The SMILES string of the molecule is CCC(O)(CC)CNc1nc(N)nc(OC(C)C)n1. The third kappa shape index (κ3) is 4.86. The fourth-order valence-corrected chi connectivity index (χ4v) is 1.46. The van der Waals surface area contributed by atoms with Gasteiger partial charge in [0.15, 0.2) is 0 Å². The Bertz CT molecular complexity index is 407. The number of aromatic nitrogens is 3. The third-order valence-electron chi connectivity index (χ3n) is 2.87. The lowest BCUT2D eigenvalue weighted by atomic mass is 9.98. The molecule has 1 rings (SSSR count). The molecule has 0 aliphatic carbocycles. The number of nitrogens with two attached hydrogens (primary N) is 1. The smallest absolute Gasteiger partial charge is 0.323 e. The van der Waals surface area contributed by atoms with Gasteiger partial charge in [-0.1, -0.05) is 13.8 Å². The van der Waals surface area contributed by atoms with Crippen molar-refractivity contribution in [3.8, 4) is 6.01 Å². The topological polar surface area (TPSA) is 106 Å². The van der Waals surface area contributed by atoms with Crippen molar-refractivity contribution in [3.05, 3.63) is 0 Å². The lowest BCUT2D eigenvalue weighted by Gasteiger charge is -2.25. The van der Waals surface area contributed by atoms with Gasteiger partial charge in [-0.05, 0) is 26.7 Å². The summed E-state index contributed by atoms with van der Waals surface area (Å²) in [5, 5.41) is 13.1. The maximum absolute atomic E-state index is 10.2. The van der Waals surface area contributed by atoms with Crippen molar-refractivity contribution in [2.75, 3.05) is 17.6 Å². The van der Waals surface area contributed by atoms with E-state index >= 15 is 0 Å². The van der Waals surface area contributed by atoms with E-state index in [-0.39, 0.29) is 18.1 Å². The number of nitrogen functional groups attached to an aromatic ring is 1. The van der Waals surface area contributed by atoms with Crippen LogP contribution in [0.25, 0.3) is 0 Å². The third-order valence-corrected chi connectivity index (χ3v) is 2.87. The molecule has 1 heterocycles. The van der Waals surface area contributed by atoms with Crippen LogP contribution in [0.2, 0.25) is 0 Å². The lowest BCUT2D eigenvalue weighted by Crippen LogP contribution is -2.35. The highest BCUT2D eigenvalue weighted by Gasteiger charge is 2.22. The van der Waals surface area contributed by atoms with E-state index in [1.807, 2.05) is 27.7 Å². The molecule has 0 aromatic carbocycles. The summed E-state index contributed by atoms with van der Waals surface area (Å²) < 4.78 is 5.38. The molecule has 7 heteroatoms. The molecule has 0 amide bonds. The zero-order valence-corrected chi connectivity index (χ0v) is 12.0. The monoisotopic (exact) mass is 269 g/mol. The number of aliphatic hydroxyl groups is 1. The van der Waals surface area contributed by atoms with Crippen LogP contribution in [-0.2, 0) is 0 Å². The molecule has 0 aliphatic rings. The molecule has 108 valence electrons. The maximum Gasteiger partial charge on any atom is 0.323 e. The van der Waals surface area contributed by atoms with Crippen LogP contribution in [0.5, 0.6) is 6.01 Å². The fraction of sp³-hybridized carbons (Fsp3) is 0.750. The molecule has 0 atom stereocenters. The van der Waals surface area contributed by atoms with Gasteiger partial charge in [-0.3, -0.25) is 0 Å². The van der Waals surface area contributed by atoms with Crippen LogP contribution >= 0.6 is 0 Å². The van der Waals surface area contributed by atoms with Gasteiger partial charge in [0, 0.05) is 6.54 Å². The van der Waals surface area contributed by atoms with E-state index in [0.29, 0.717) is 25.3 Å². The van der Waals surface area contributed by atoms with Gasteiger partial charge in [0.05, 0.1) is 11.7 Å². The summed E-state index contributed by atoms with van der Waals surface area (Å²) in [4.78, 5) is 12.0. The Kier molecular flexibility index (Phi) is 5.29. The first-order valence-electron chi connectivity index (χ1n) is 6.53. The van der Waals surface area contributed by atoms with Gasteiger partial charge in [0.1, 0.15) is 0 Å². The molecule has 0 spiro atoms. The molecule has 7 nitrogen and oxygen atoms in total. The van der Waals surface area contributed by atoms with Crippen molar-refractivity contribution in [2.24, 2.45) is 0 Å². The maximum atomic E-state index is 10.2. The summed E-state index contributed by atoms with van der Waals surface area (Å²) in [6.45, 7) is 7.96. The van der Waals surface area contributed by atoms with E-state index in [9.17, 15) is 5.11 Å². The average Bonchev–Trinajstić information content (AvgIpc) is 2.34. The van der Waals surface area contributed by atoms with Crippen LogP contribution in [0.1, 0.15) is 40.5 Å². The molecular weight excluding hydrogens is 246 g/mol. The Hall–Kier alpha value is -1.63. The summed E-state index contributed by atoms with van der Waals surface area (Å²) in [5.41, 5.74) is 4.82. The molecular formula is C12H23N5O2. The molecule has 0 unspecified atom stereocenters. The minimum atomic E-state index is -0.777. The summed E-state index contributed by atoms with van der Waals surface area (Å²) in [5.74, 6) is 0.396. The van der Waals surface area contributed by atoms with E-state index in [0.717, 1.165) is 0 Å². The lowest BCUT2D eigenvalue weighted by molar-refractivity contribution is 0.0455. The zero-order chi connectivity index (χ0) is 14.5. The van der Waals surface area contributed by atoms with Crippen molar-refractivity contribution in [1.82, 2.24) is 15.0 Å². The molecule has 1 aromatic heterocycles. The highest BCUT2D eigenvalue weighted by atomic mass is 16.5. The minimum Gasteiger partial charge on any atom is -0.461 e. The van der Waals surface area contributed by atoms with Crippen LogP contribution in [0.3, 0.4) is 0 Å². The van der Waals surface area contributed by atoms with E-state index in [1.165, 1.54) is 0 Å². The summed E-state index contributed by atoms with van der Waals surface area (Å²) >= 11 is 0. The van der Waals surface area contributed by atoms with Crippen molar-refractivity contribution in [3.63, 3.8) is 0 Å². The first kappa shape index (κ1) is 15.4. The molecule has 0 saturated heterocycles. The van der Waals surface area contributed by atoms with E-state index in [4.69, 9.17) is 10.5 Å². The van der Waals surface area contributed by atoms with Crippen LogP contribution in [0.15, 0.2) is 0 Å². The fourth-order valence-electron chi connectivity index (χ4n) is 1.46. The summed E-state index contributed by atoms with van der Waals surface area (Å²) in [6, 6.07) is 0.182. The molecule has 0 fully saturated rings. The second kappa shape index (κ2) is 6.51. The van der Waals surface area contributed by atoms with Crippen LogP contribution in [-0.4, -0.2) is 38.3 Å². The van der Waals surface area contributed by atoms with Gasteiger partial charge in [0.25, 0.3) is 0 Å². The summed E-state index contributed by atoms with van der Waals surface area (Å²) in [6.07, 6.45) is 1.25. The Morgan fingerprint density at radius 3 is 2.42 bits per heavy atom. The molecule has 19 heavy (non-hydrogen) atoms. The Balaban J connectivity index is 2.75. The normalized spacial score (nSPS) is 11.7. The number of hydrogen-bond donors (Lipinski definition) is 3. The first-order valence-corrected chi connectivity index (χ1v) is 6.53. The van der Waals surface area contributed by atoms with Gasteiger partial charge < -0.3 is 20.9 Å². The van der Waals surface area contributed by atoms with E-state index in [1.54, 1.807) is 0 Å². The number of anilines is 2. The average molecular weight is 269 g/mol. The van der Waals surface area contributed by atoms with Crippen molar-refractivity contribution < 1.29 is 9.84 Å². The Labute approximate surface area is 113 Å². The molecule has 4 N–H and O–H groups in total. The molecule has 1 aromatic rings. The van der Waals surface area contributed by atoms with Crippen LogP contribution in [0.4, 0.5) is 11.9 Å². The number of nitrogens with zero attached hydrogens (tertiary/aromatic N) is 3. The highest BCUT2D eigenvalue weighted by Crippen LogP contribution is 2.16. The van der Waals surface area contributed by atoms with Crippen LogP contribution < -0.4 is 15.8 Å². The van der Waals surface area contributed by atoms with Crippen molar-refractivity contribution in [1.29, 1.82) is 0 Å². The minimum absolute atomic E-state index is 0.0436. The molecule has 0 radical (unpaired) electrons. The quantitative estimate of drug-likeness (QED) is 0.683. The Morgan fingerprint density at radius 1 is 1.26 bits per heavy atom. The standard InChI is InChI=1S/C12H23N5O2/c1-5-12(18,6-2)7-14-10-15-9(13)16-11(17-10)19-8(3)4/h8,18H,5-7H2,1-4H3,(H3,13,14,15,16,17). The number of hydrogen-bond acceptors (Lipinski definition) is 7. The predicted molar refractivity (Wildman–Crippen MR) is 74.0 cm³/mol. The number of rotatable bonds is 7. The molecule has 0 saturated carbocycles. The van der Waals surface area contributed by atoms with Gasteiger partial charge in [0.2, 0.25) is 11.9 Å². The van der Waals surface area contributed by atoms with Gasteiger partial charge >= 0.3 is 6.01 Å². The summed E-state index contributed by atoms with van der Waals surface area (Å²) in [7, 11) is 0. The van der Waals surface area contributed by atoms with Crippen molar-refractivity contribution in [2.45, 2.75) is 52.2 Å². The second-order valence-electron chi connectivity index (χ2n) is 4.75. The molecule has 0 bridgehead atoms. The van der Waals surface area contributed by atoms with E-state index in [2.05, 4.69) is 20.3 Å². The highest BCUT2D eigenvalue weighted by molar-refractivity contribution is 5.33. The van der Waals surface area contributed by atoms with Gasteiger partial charge in [-0.25, -0.2) is 0 Å². The van der Waals surface area contributed by atoms with Crippen LogP contribution in [0, 0.1) is 0 Å². The first-order chi connectivity index (χ1) is 8.88. The number of ether oxygens (including phenoxy) is 1. The van der Waals surface area contributed by atoms with Gasteiger partial charge in [-0.2, -0.15) is 15.0 Å². The zero-order valence-electron chi connectivity index (χ0n) is 12.0. The van der Waals surface area contributed by atoms with Gasteiger partial charge in [-0.15, -0.1) is 0 Å². The predicted octanol–water partition coefficient (Wildman–Crippen LogP) is 1.20. The molecule has 0 aliphatic heterocycles. The van der Waals surface area contributed by atoms with E-state index < -0.39 is 5.60 Å². The largest absolute Gasteiger partial charge is 0.461 e. The second-order valence-corrected chi connectivity index (χ2v) is 4.75. The number of nitrogens with one attached hydrogen (secondary N) is 1.